The molecule has 0 unspecified atom stereocenters. The van der Waals surface area contributed by atoms with E-state index in [2.05, 4.69) is 41.2 Å². The largest absolute Gasteiger partial charge is 0.311 e. The predicted octanol–water partition coefficient (Wildman–Crippen LogP) is 3.52. The van der Waals surface area contributed by atoms with Crippen molar-refractivity contribution in [2.75, 3.05) is 6.54 Å². The smallest absolute Gasteiger partial charge is 0.0762 e. The van der Waals surface area contributed by atoms with Crippen LogP contribution in [0.4, 0.5) is 0 Å². The molecule has 1 heterocycles. The summed E-state index contributed by atoms with van der Waals surface area (Å²) in [7, 11) is 0. The van der Waals surface area contributed by atoms with E-state index in [0.717, 1.165) is 31.8 Å². The highest BCUT2D eigenvalue weighted by atomic mass is 15.3. The summed E-state index contributed by atoms with van der Waals surface area (Å²) in [5.74, 6) is 1.000. The van der Waals surface area contributed by atoms with Crippen molar-refractivity contribution >= 4 is 0 Å². The second kappa shape index (κ2) is 6.93. The molecule has 0 radical (unpaired) electrons. The Kier molecular flexibility index (Phi) is 5.24. The van der Waals surface area contributed by atoms with E-state index in [-0.39, 0.29) is 0 Å². The van der Waals surface area contributed by atoms with Crippen LogP contribution in [-0.2, 0) is 6.54 Å². The van der Waals surface area contributed by atoms with Gasteiger partial charge in [-0.1, -0.05) is 33.1 Å². The van der Waals surface area contributed by atoms with Crippen molar-refractivity contribution in [1.29, 1.82) is 0 Å². The molecular weight excluding hydrogens is 222 g/mol. The summed E-state index contributed by atoms with van der Waals surface area (Å²) in [4.78, 5) is 0. The molecule has 0 amide bonds. The average molecular weight is 249 g/mol. The van der Waals surface area contributed by atoms with E-state index in [1.807, 2.05) is 0 Å². The van der Waals surface area contributed by atoms with Crippen LogP contribution in [0.1, 0.15) is 64.1 Å². The molecule has 0 bridgehead atoms. The van der Waals surface area contributed by atoms with Gasteiger partial charge in [0.1, 0.15) is 0 Å². The van der Waals surface area contributed by atoms with Crippen molar-refractivity contribution in [2.24, 2.45) is 5.92 Å². The van der Waals surface area contributed by atoms with E-state index in [4.69, 9.17) is 0 Å². The lowest BCUT2D eigenvalue weighted by molar-refractivity contribution is 0.292. The van der Waals surface area contributed by atoms with Crippen LogP contribution in [0.15, 0.2) is 12.3 Å². The van der Waals surface area contributed by atoms with Gasteiger partial charge in [0.15, 0.2) is 0 Å². The van der Waals surface area contributed by atoms with E-state index in [0.29, 0.717) is 6.04 Å². The maximum Gasteiger partial charge on any atom is 0.0762 e. The van der Waals surface area contributed by atoms with Crippen molar-refractivity contribution in [1.82, 2.24) is 15.1 Å². The van der Waals surface area contributed by atoms with Crippen LogP contribution in [0, 0.1) is 5.92 Å². The number of nitrogens with zero attached hydrogens (tertiary/aromatic N) is 2. The van der Waals surface area contributed by atoms with Crippen LogP contribution in [0.2, 0.25) is 0 Å². The van der Waals surface area contributed by atoms with Gasteiger partial charge < -0.3 is 5.32 Å². The van der Waals surface area contributed by atoms with Crippen molar-refractivity contribution in [3.05, 3.63) is 18.0 Å². The molecule has 1 aromatic rings. The zero-order chi connectivity index (χ0) is 12.8. The molecule has 0 saturated heterocycles. The molecule has 2 rings (SSSR count). The zero-order valence-corrected chi connectivity index (χ0v) is 11.9. The van der Waals surface area contributed by atoms with Gasteiger partial charge >= 0.3 is 0 Å². The van der Waals surface area contributed by atoms with Gasteiger partial charge in [-0.2, -0.15) is 5.10 Å². The average Bonchev–Trinajstić information content (AvgIpc) is 2.77. The lowest BCUT2D eigenvalue weighted by Gasteiger charge is -2.25. The summed E-state index contributed by atoms with van der Waals surface area (Å²) in [6.07, 6.45) is 10.1. The van der Waals surface area contributed by atoms with Gasteiger partial charge in [-0.25, -0.2) is 0 Å². The molecule has 1 aliphatic rings. The van der Waals surface area contributed by atoms with Gasteiger partial charge in [0.2, 0.25) is 0 Å². The molecule has 1 aromatic heterocycles. The first-order valence-corrected chi connectivity index (χ1v) is 7.58. The van der Waals surface area contributed by atoms with Crippen LogP contribution in [0.5, 0.6) is 0 Å². The molecule has 1 saturated carbocycles. The van der Waals surface area contributed by atoms with Crippen LogP contribution in [0.25, 0.3) is 0 Å². The van der Waals surface area contributed by atoms with E-state index in [1.54, 1.807) is 0 Å². The van der Waals surface area contributed by atoms with Gasteiger partial charge in [0, 0.05) is 12.7 Å². The standard InChI is InChI=1S/C15H27N3/c1-3-15(4-2)18-11-9-14(17-18)12-16-10-8-13-6-5-7-13/h9,11,13,15-16H,3-8,10,12H2,1-2H3. The van der Waals surface area contributed by atoms with Gasteiger partial charge in [0.25, 0.3) is 0 Å². The fourth-order valence-electron chi connectivity index (χ4n) is 2.64. The Morgan fingerprint density at radius 1 is 1.39 bits per heavy atom. The lowest BCUT2D eigenvalue weighted by Crippen LogP contribution is -2.21. The van der Waals surface area contributed by atoms with Gasteiger partial charge in [0.05, 0.1) is 11.7 Å². The van der Waals surface area contributed by atoms with Gasteiger partial charge in [-0.05, 0) is 37.8 Å². The van der Waals surface area contributed by atoms with Gasteiger partial charge in [-0.15, -0.1) is 0 Å². The molecule has 0 aliphatic heterocycles. The van der Waals surface area contributed by atoms with Crippen molar-refractivity contribution in [3.63, 3.8) is 0 Å². The quantitative estimate of drug-likeness (QED) is 0.714. The second-order valence-corrected chi connectivity index (χ2v) is 5.52. The van der Waals surface area contributed by atoms with E-state index in [9.17, 15) is 0 Å². The molecular formula is C15H27N3. The number of hydrogen-bond acceptors (Lipinski definition) is 2. The first-order chi connectivity index (χ1) is 8.83. The Hall–Kier alpha value is -0.830. The molecule has 18 heavy (non-hydrogen) atoms. The first kappa shape index (κ1) is 13.6. The minimum Gasteiger partial charge on any atom is -0.311 e. The Balaban J connectivity index is 1.69. The minimum atomic E-state index is 0.564. The van der Waals surface area contributed by atoms with Crippen LogP contribution < -0.4 is 5.32 Å². The Morgan fingerprint density at radius 2 is 2.17 bits per heavy atom. The number of aromatic nitrogens is 2. The summed E-state index contributed by atoms with van der Waals surface area (Å²) < 4.78 is 2.13. The minimum absolute atomic E-state index is 0.564. The molecule has 0 aromatic carbocycles. The first-order valence-electron chi connectivity index (χ1n) is 7.58. The molecule has 1 aliphatic carbocycles. The monoisotopic (exact) mass is 249 g/mol. The van der Waals surface area contributed by atoms with E-state index >= 15 is 0 Å². The highest BCUT2D eigenvalue weighted by Crippen LogP contribution is 2.28. The lowest BCUT2D eigenvalue weighted by atomic mass is 9.83. The third kappa shape index (κ3) is 3.58. The van der Waals surface area contributed by atoms with E-state index < -0.39 is 0 Å². The molecule has 3 heteroatoms. The number of nitrogens with one attached hydrogen (secondary N) is 1. The Morgan fingerprint density at radius 3 is 2.78 bits per heavy atom. The fraction of sp³-hybridized carbons (Fsp3) is 0.800. The van der Waals surface area contributed by atoms with E-state index in [1.165, 1.54) is 31.4 Å². The predicted molar refractivity (Wildman–Crippen MR) is 75.5 cm³/mol. The highest BCUT2D eigenvalue weighted by molar-refractivity contribution is 4.99. The van der Waals surface area contributed by atoms with Crippen LogP contribution in [0.3, 0.4) is 0 Å². The second-order valence-electron chi connectivity index (χ2n) is 5.52. The molecule has 3 nitrogen and oxygen atoms in total. The third-order valence-corrected chi connectivity index (χ3v) is 4.24. The fourth-order valence-corrected chi connectivity index (χ4v) is 2.64. The van der Waals surface area contributed by atoms with Gasteiger partial charge in [-0.3, -0.25) is 4.68 Å². The topological polar surface area (TPSA) is 29.9 Å². The number of hydrogen-bond donors (Lipinski definition) is 1. The van der Waals surface area contributed by atoms with Crippen molar-refractivity contribution in [2.45, 2.75) is 65.0 Å². The van der Waals surface area contributed by atoms with Crippen molar-refractivity contribution < 1.29 is 0 Å². The third-order valence-electron chi connectivity index (χ3n) is 4.24. The SMILES string of the molecule is CCC(CC)n1ccc(CNCCC2CCC2)n1. The van der Waals surface area contributed by atoms with Crippen molar-refractivity contribution in [3.8, 4) is 0 Å². The maximum absolute atomic E-state index is 4.66. The van der Waals surface area contributed by atoms with Crippen LogP contribution in [-0.4, -0.2) is 16.3 Å². The van der Waals surface area contributed by atoms with Crippen LogP contribution >= 0.6 is 0 Å². The summed E-state index contributed by atoms with van der Waals surface area (Å²) in [5, 5.41) is 8.17. The molecule has 0 atom stereocenters. The zero-order valence-electron chi connectivity index (χ0n) is 11.9. The maximum atomic E-state index is 4.66. The number of rotatable bonds is 8. The summed E-state index contributed by atoms with van der Waals surface area (Å²) in [5.41, 5.74) is 1.18. The molecule has 102 valence electrons. The normalized spacial score (nSPS) is 16.2. The molecule has 0 spiro atoms. The summed E-state index contributed by atoms with van der Waals surface area (Å²) in [6.45, 7) is 6.52. The summed E-state index contributed by atoms with van der Waals surface area (Å²) >= 11 is 0. The Labute approximate surface area is 111 Å². The molecule has 1 fully saturated rings. The Bertz CT molecular complexity index is 337. The molecule has 1 N–H and O–H groups in total. The summed E-state index contributed by atoms with van der Waals surface area (Å²) in [6, 6.07) is 2.71. The highest BCUT2D eigenvalue weighted by Gasteiger charge is 2.16.